The summed E-state index contributed by atoms with van der Waals surface area (Å²) in [5.74, 6) is 1.23. The summed E-state index contributed by atoms with van der Waals surface area (Å²) in [6.07, 6.45) is 2.04. The highest BCUT2D eigenvalue weighted by Crippen LogP contribution is 2.22. The van der Waals surface area contributed by atoms with E-state index in [0.717, 1.165) is 5.56 Å². The van der Waals surface area contributed by atoms with E-state index in [1.54, 1.807) is 6.92 Å². The van der Waals surface area contributed by atoms with Crippen LogP contribution in [0.1, 0.15) is 5.89 Å². The Morgan fingerprint density at radius 1 is 1.25 bits per heavy atom. The lowest BCUT2D eigenvalue weighted by Gasteiger charge is -1.97. The quantitative estimate of drug-likeness (QED) is 0.624. The monoisotopic (exact) mass is 213 g/mol. The van der Waals surface area contributed by atoms with Crippen molar-refractivity contribution < 1.29 is 4.52 Å². The summed E-state index contributed by atoms with van der Waals surface area (Å²) in [7, 11) is 2.03. The molecule has 3 rings (SSSR count). The van der Waals surface area contributed by atoms with Crippen molar-refractivity contribution in [2.75, 3.05) is 0 Å². The molecule has 0 aliphatic heterocycles. The van der Waals surface area contributed by atoms with Gasteiger partial charge in [-0.25, -0.2) is 0 Å². The molecule has 0 radical (unpaired) electrons. The van der Waals surface area contributed by atoms with Gasteiger partial charge in [0.15, 0.2) is 0 Å². The minimum atomic E-state index is 0.586. The topological polar surface area (TPSA) is 43.9 Å². The Balaban J connectivity index is 2.18. The Bertz CT molecular complexity index is 651. The van der Waals surface area contributed by atoms with Gasteiger partial charge in [0.25, 0.3) is 0 Å². The third kappa shape index (κ3) is 1.31. The summed E-state index contributed by atoms with van der Waals surface area (Å²) in [5.41, 5.74) is 2.18. The van der Waals surface area contributed by atoms with Crippen LogP contribution < -0.4 is 0 Å². The lowest BCUT2D eigenvalue weighted by molar-refractivity contribution is 0.394. The van der Waals surface area contributed by atoms with E-state index in [4.69, 9.17) is 4.52 Å². The molecule has 1 aromatic carbocycles. The van der Waals surface area contributed by atoms with Gasteiger partial charge < -0.3 is 9.09 Å². The predicted octanol–water partition coefficient (Wildman–Crippen LogP) is 2.54. The molecule has 0 saturated carbocycles. The first kappa shape index (κ1) is 9.15. The molecule has 0 fully saturated rings. The number of hydrogen-bond donors (Lipinski definition) is 0. The molecule has 0 bridgehead atoms. The Morgan fingerprint density at radius 3 is 2.88 bits per heavy atom. The van der Waals surface area contributed by atoms with E-state index in [1.807, 2.05) is 19.3 Å². The molecular weight excluding hydrogens is 202 g/mol. The third-order valence-corrected chi connectivity index (χ3v) is 2.67. The number of aryl methyl sites for hydroxylation is 2. The van der Waals surface area contributed by atoms with Crippen molar-refractivity contribution in [3.05, 3.63) is 36.4 Å². The van der Waals surface area contributed by atoms with Crippen molar-refractivity contribution in [2.45, 2.75) is 6.92 Å². The predicted molar refractivity (Wildman–Crippen MR) is 60.9 cm³/mol. The second-order valence-electron chi connectivity index (χ2n) is 3.84. The first-order chi connectivity index (χ1) is 7.74. The first-order valence-corrected chi connectivity index (χ1v) is 5.10. The van der Waals surface area contributed by atoms with Gasteiger partial charge in [0.1, 0.15) is 0 Å². The van der Waals surface area contributed by atoms with Crippen LogP contribution in [0.15, 0.2) is 35.0 Å². The van der Waals surface area contributed by atoms with Gasteiger partial charge in [-0.1, -0.05) is 5.16 Å². The van der Waals surface area contributed by atoms with Crippen LogP contribution in [0.4, 0.5) is 0 Å². The number of nitrogens with zero attached hydrogens (tertiary/aromatic N) is 3. The van der Waals surface area contributed by atoms with E-state index < -0.39 is 0 Å². The second kappa shape index (κ2) is 3.20. The maximum atomic E-state index is 4.97. The summed E-state index contributed by atoms with van der Waals surface area (Å²) in [5, 5.41) is 5.09. The standard InChI is InChI=1S/C12H11N3O/c1-8-13-12(14-16-8)10-3-4-11-9(7-10)5-6-15(11)2/h3-7H,1-2H3. The third-order valence-electron chi connectivity index (χ3n) is 2.67. The minimum Gasteiger partial charge on any atom is -0.351 e. The van der Waals surface area contributed by atoms with Crippen LogP contribution >= 0.6 is 0 Å². The summed E-state index contributed by atoms with van der Waals surface area (Å²) in [6.45, 7) is 1.79. The fraction of sp³-hybridized carbons (Fsp3) is 0.167. The zero-order chi connectivity index (χ0) is 11.1. The minimum absolute atomic E-state index is 0.586. The van der Waals surface area contributed by atoms with Gasteiger partial charge in [-0.2, -0.15) is 4.98 Å². The number of rotatable bonds is 1. The fourth-order valence-electron chi connectivity index (χ4n) is 1.84. The first-order valence-electron chi connectivity index (χ1n) is 5.10. The highest BCUT2D eigenvalue weighted by Gasteiger charge is 2.07. The molecule has 80 valence electrons. The van der Waals surface area contributed by atoms with Crippen molar-refractivity contribution in [2.24, 2.45) is 7.05 Å². The average molecular weight is 213 g/mol. The molecule has 0 atom stereocenters. The zero-order valence-electron chi connectivity index (χ0n) is 9.14. The molecule has 0 N–H and O–H groups in total. The van der Waals surface area contributed by atoms with Gasteiger partial charge >= 0.3 is 0 Å². The van der Waals surface area contributed by atoms with Crippen LogP contribution in [0.25, 0.3) is 22.3 Å². The molecule has 2 heterocycles. The highest BCUT2D eigenvalue weighted by molar-refractivity contribution is 5.84. The van der Waals surface area contributed by atoms with E-state index in [2.05, 4.69) is 32.9 Å². The van der Waals surface area contributed by atoms with Gasteiger partial charge in [-0.05, 0) is 24.3 Å². The average Bonchev–Trinajstić information content (AvgIpc) is 2.86. The number of fused-ring (bicyclic) bond motifs is 1. The molecular formula is C12H11N3O. The smallest absolute Gasteiger partial charge is 0.223 e. The largest absolute Gasteiger partial charge is 0.351 e. The van der Waals surface area contributed by atoms with E-state index in [-0.39, 0.29) is 0 Å². The van der Waals surface area contributed by atoms with Gasteiger partial charge in [0.2, 0.25) is 11.7 Å². The van der Waals surface area contributed by atoms with Crippen molar-refractivity contribution in [1.82, 2.24) is 14.7 Å². The van der Waals surface area contributed by atoms with Crippen LogP contribution in [0, 0.1) is 6.92 Å². The summed E-state index contributed by atoms with van der Waals surface area (Å²) in [4.78, 5) is 4.21. The van der Waals surface area contributed by atoms with Crippen LogP contribution in [0.5, 0.6) is 0 Å². The van der Waals surface area contributed by atoms with E-state index in [9.17, 15) is 0 Å². The normalized spacial score (nSPS) is 11.1. The number of hydrogen-bond acceptors (Lipinski definition) is 3. The fourth-order valence-corrected chi connectivity index (χ4v) is 1.84. The van der Waals surface area contributed by atoms with E-state index in [0.29, 0.717) is 11.7 Å². The van der Waals surface area contributed by atoms with Crippen LogP contribution in [0.3, 0.4) is 0 Å². The number of benzene rings is 1. The Hall–Kier alpha value is -2.10. The molecule has 16 heavy (non-hydrogen) atoms. The van der Waals surface area contributed by atoms with Gasteiger partial charge in [-0.15, -0.1) is 0 Å². The van der Waals surface area contributed by atoms with Crippen LogP contribution in [-0.4, -0.2) is 14.7 Å². The van der Waals surface area contributed by atoms with Crippen molar-refractivity contribution in [1.29, 1.82) is 0 Å². The van der Waals surface area contributed by atoms with E-state index >= 15 is 0 Å². The van der Waals surface area contributed by atoms with Gasteiger partial charge in [0.05, 0.1) is 0 Å². The SMILES string of the molecule is Cc1nc(-c2ccc3c(ccn3C)c2)no1. The van der Waals surface area contributed by atoms with Gasteiger partial charge in [0, 0.05) is 36.6 Å². The Labute approximate surface area is 92.5 Å². The zero-order valence-corrected chi connectivity index (χ0v) is 9.14. The Kier molecular flexibility index (Phi) is 1.83. The van der Waals surface area contributed by atoms with Crippen LogP contribution in [-0.2, 0) is 7.05 Å². The molecule has 4 nitrogen and oxygen atoms in total. The van der Waals surface area contributed by atoms with Crippen LogP contribution in [0.2, 0.25) is 0 Å². The maximum absolute atomic E-state index is 4.97. The molecule has 0 saturated heterocycles. The van der Waals surface area contributed by atoms with Crippen molar-refractivity contribution in [3.63, 3.8) is 0 Å². The van der Waals surface area contributed by atoms with Crippen molar-refractivity contribution >= 4 is 10.9 Å². The summed E-state index contributed by atoms with van der Waals surface area (Å²) < 4.78 is 7.05. The number of aromatic nitrogens is 3. The molecule has 0 aliphatic rings. The highest BCUT2D eigenvalue weighted by atomic mass is 16.5. The summed E-state index contributed by atoms with van der Waals surface area (Å²) >= 11 is 0. The lowest BCUT2D eigenvalue weighted by Crippen LogP contribution is -1.84. The molecule has 0 aliphatic carbocycles. The molecule has 0 amide bonds. The maximum Gasteiger partial charge on any atom is 0.223 e. The molecule has 3 aromatic rings. The van der Waals surface area contributed by atoms with Crippen molar-refractivity contribution in [3.8, 4) is 11.4 Å². The summed E-state index contributed by atoms with van der Waals surface area (Å²) in [6, 6.07) is 8.22. The molecule has 4 heteroatoms. The molecule has 2 aromatic heterocycles. The van der Waals surface area contributed by atoms with E-state index in [1.165, 1.54) is 10.9 Å². The Morgan fingerprint density at radius 2 is 2.12 bits per heavy atom. The molecule has 0 unspecified atom stereocenters. The second-order valence-corrected chi connectivity index (χ2v) is 3.84. The van der Waals surface area contributed by atoms with Gasteiger partial charge in [-0.3, -0.25) is 0 Å². The molecule has 0 spiro atoms. The lowest BCUT2D eigenvalue weighted by atomic mass is 10.1.